The van der Waals surface area contributed by atoms with Crippen LogP contribution in [0.2, 0.25) is 0 Å². The number of benzene rings is 8. The molecule has 0 fully saturated rings. The summed E-state index contributed by atoms with van der Waals surface area (Å²) in [5.74, 6) is 0.666. The van der Waals surface area contributed by atoms with Crippen molar-refractivity contribution >= 4 is 11.0 Å². The number of phenols is 1. The van der Waals surface area contributed by atoms with Crippen molar-refractivity contribution in [3.63, 3.8) is 0 Å². The zero-order chi connectivity index (χ0) is 53.8. The topological polar surface area (TPSA) is 50.9 Å². The maximum Gasteiger partial charge on any atom is 0.148 e. The van der Waals surface area contributed by atoms with E-state index in [0.717, 1.165) is 72.3 Å². The molecule has 0 amide bonds. The van der Waals surface area contributed by atoms with E-state index in [0.29, 0.717) is 39.4 Å². The van der Waals surface area contributed by atoms with Crippen molar-refractivity contribution in [2.45, 2.75) is 79.4 Å². The fourth-order valence-electron chi connectivity index (χ4n) is 9.45. The van der Waals surface area contributed by atoms with Crippen LogP contribution in [-0.2, 0) is 26.5 Å². The minimum atomic E-state index is -2.52. The molecule has 2 heterocycles. The van der Waals surface area contributed by atoms with Crippen LogP contribution in [0, 0.1) is 19.8 Å². The molecule has 0 unspecified atom stereocenters. The van der Waals surface area contributed by atoms with Crippen LogP contribution in [0.15, 0.2) is 182 Å². The number of nitrogens with zero attached hydrogens (tertiary/aromatic N) is 3. The number of fused-ring (bicyclic) bond motifs is 1. The van der Waals surface area contributed by atoms with E-state index in [4.69, 9.17) is 18.2 Å². The van der Waals surface area contributed by atoms with E-state index < -0.39 is 13.7 Å². The summed E-state index contributed by atoms with van der Waals surface area (Å²) in [5.41, 5.74) is 15.4. The van der Waals surface area contributed by atoms with Crippen LogP contribution in [0.4, 0.5) is 0 Å². The molecule has 0 radical (unpaired) electrons. The summed E-state index contributed by atoms with van der Waals surface area (Å²) in [6.45, 7) is 10.2. The third kappa shape index (κ3) is 9.71. The largest absolute Gasteiger partial charge is 0.507 e. The summed E-state index contributed by atoms with van der Waals surface area (Å²) in [6, 6.07) is 61.1. The van der Waals surface area contributed by atoms with Crippen LogP contribution in [-0.4, -0.2) is 19.6 Å². The average Bonchev–Trinajstić information content (AvgIpc) is 3.87. The van der Waals surface area contributed by atoms with Gasteiger partial charge >= 0.3 is 0 Å². The maximum atomic E-state index is 12.5. The molecular weight excluding hydrogens is 1050 g/mol. The SMILES string of the molecule is [2H]C([2H])([2H])c1ccc(-c2ccnc(-c3[c-]c(-c4cccc5c4nc(-c4cc(C(C)C)cc(C(C)C)c4O)n5-c4cc(C([2H])([2H])[2H])c(-c5ccc(C(C)(C)C)cc5)cc4-c4ccccc4)cc(-c4ccccc4)c3)c2)cc1.[Pt]. The summed E-state index contributed by atoms with van der Waals surface area (Å²) < 4.78 is 53.1. The molecule has 0 saturated heterocycles. The Kier molecular flexibility index (Phi) is 11.7. The summed E-state index contributed by atoms with van der Waals surface area (Å²) in [6.07, 6.45) is 1.76. The van der Waals surface area contributed by atoms with E-state index in [9.17, 15) is 5.11 Å². The molecule has 8 aromatic carbocycles. The van der Waals surface area contributed by atoms with Gasteiger partial charge in [0.05, 0.1) is 22.3 Å². The number of aryl methyl sites for hydroxylation is 2. The fraction of sp³-hybridized carbons (Fsp3) is 0.182. The van der Waals surface area contributed by atoms with Crippen molar-refractivity contribution in [3.8, 4) is 89.7 Å². The van der Waals surface area contributed by atoms with Crippen LogP contribution in [0.3, 0.4) is 0 Å². The predicted molar refractivity (Wildman–Crippen MR) is 294 cm³/mol. The second-order valence-electron chi connectivity index (χ2n) is 19.9. The number of hydrogen-bond donors (Lipinski definition) is 1. The molecule has 0 spiro atoms. The number of aromatic hydroxyl groups is 1. The van der Waals surface area contributed by atoms with Gasteiger partial charge in [-0.2, -0.15) is 0 Å². The molecule has 0 aliphatic rings. The quantitative estimate of drug-likeness (QED) is 0.139. The average molecular weight is 1110 g/mol. The molecule has 1 N–H and O–H groups in total. The van der Waals surface area contributed by atoms with E-state index in [-0.39, 0.29) is 55.2 Å². The number of imidazole rings is 1. The summed E-state index contributed by atoms with van der Waals surface area (Å²) >= 11 is 0. The van der Waals surface area contributed by atoms with Gasteiger partial charge < -0.3 is 5.11 Å². The molecule has 0 aliphatic carbocycles. The van der Waals surface area contributed by atoms with Gasteiger partial charge in [0.2, 0.25) is 0 Å². The molecule has 356 valence electrons. The first-order valence-corrected chi connectivity index (χ1v) is 24.1. The Morgan fingerprint density at radius 2 is 1.23 bits per heavy atom. The zero-order valence-corrected chi connectivity index (χ0v) is 43.4. The number of rotatable bonds is 10. The van der Waals surface area contributed by atoms with E-state index in [1.54, 1.807) is 18.3 Å². The molecule has 10 rings (SSSR count). The van der Waals surface area contributed by atoms with Crippen LogP contribution >= 0.6 is 0 Å². The second kappa shape index (κ2) is 19.9. The third-order valence-corrected chi connectivity index (χ3v) is 13.4. The van der Waals surface area contributed by atoms with Gasteiger partial charge in [-0.1, -0.05) is 204 Å². The van der Waals surface area contributed by atoms with Gasteiger partial charge in [-0.25, -0.2) is 4.98 Å². The van der Waals surface area contributed by atoms with Crippen molar-refractivity contribution in [1.82, 2.24) is 14.5 Å². The zero-order valence-electron chi connectivity index (χ0n) is 47.1. The monoisotopic (exact) mass is 1110 g/mol. The van der Waals surface area contributed by atoms with Crippen molar-refractivity contribution in [2.75, 3.05) is 0 Å². The summed E-state index contributed by atoms with van der Waals surface area (Å²) in [4.78, 5) is 10.5. The minimum absolute atomic E-state index is 0. The number of phenolic OH excluding ortho intramolecular Hbond substituents is 1. The van der Waals surface area contributed by atoms with Crippen molar-refractivity contribution in [1.29, 1.82) is 0 Å². The molecule has 4 nitrogen and oxygen atoms in total. The van der Waals surface area contributed by atoms with Crippen LogP contribution in [0.5, 0.6) is 5.75 Å². The van der Waals surface area contributed by atoms with Crippen molar-refractivity contribution in [2.24, 2.45) is 0 Å². The van der Waals surface area contributed by atoms with Gasteiger partial charge in [-0.05, 0) is 117 Å². The van der Waals surface area contributed by atoms with Gasteiger partial charge in [0.25, 0.3) is 0 Å². The molecule has 5 heteroatoms. The molecule has 10 aromatic rings. The molecule has 0 atom stereocenters. The fourth-order valence-corrected chi connectivity index (χ4v) is 9.45. The standard InChI is InChI=1S/C66H60N3O.Pt/c1-41(2)50-37-56(42(3)4)64(70)59(38-50)65-68-63-55(52-34-51(45-17-12-10-13-18-45)35-53(36-52)60-39-49(31-32-67-60)46-25-23-43(5)24-26-46)21-16-22-61(63)69(65)62-33-44(6)57(40-58(62)47-19-14-11-15-20-47)48-27-29-54(30-28-48)66(7,8)9;/h10-35,37-42,70H,1-9H3;/q-1;/i5D3,6D3;. The summed E-state index contributed by atoms with van der Waals surface area (Å²) in [7, 11) is 0. The normalized spacial score (nSPS) is 13.3. The van der Waals surface area contributed by atoms with Gasteiger partial charge in [0.1, 0.15) is 11.6 Å². The Labute approximate surface area is 442 Å². The molecule has 2 aromatic heterocycles. The maximum absolute atomic E-state index is 12.5. The number of aromatic nitrogens is 3. The molecular formula is C66H60N3OPt-. The molecule has 71 heavy (non-hydrogen) atoms. The Bertz CT molecular complexity index is 3760. The Morgan fingerprint density at radius 3 is 1.89 bits per heavy atom. The molecule has 0 aliphatic heterocycles. The first-order chi connectivity index (χ1) is 36.1. The van der Waals surface area contributed by atoms with Crippen LogP contribution in [0.25, 0.3) is 95.0 Å². The Hall–Kier alpha value is -7.13. The first kappa shape index (κ1) is 41.6. The Balaban J connectivity index is 0.00000722. The Morgan fingerprint density at radius 1 is 0.563 bits per heavy atom. The summed E-state index contributed by atoms with van der Waals surface area (Å²) in [5, 5.41) is 12.5. The third-order valence-electron chi connectivity index (χ3n) is 13.4. The van der Waals surface area contributed by atoms with E-state index in [2.05, 4.69) is 97.0 Å². The van der Waals surface area contributed by atoms with E-state index in [1.165, 1.54) is 0 Å². The van der Waals surface area contributed by atoms with Gasteiger partial charge in [0.15, 0.2) is 0 Å². The van der Waals surface area contributed by atoms with Gasteiger partial charge in [-0.15, -0.1) is 23.8 Å². The minimum Gasteiger partial charge on any atom is -0.507 e. The smallest absolute Gasteiger partial charge is 0.148 e. The van der Waals surface area contributed by atoms with Gasteiger partial charge in [-0.3, -0.25) is 9.55 Å². The van der Waals surface area contributed by atoms with Crippen LogP contribution < -0.4 is 0 Å². The van der Waals surface area contributed by atoms with Crippen LogP contribution in [0.1, 0.15) is 96.3 Å². The van der Waals surface area contributed by atoms with Crippen molar-refractivity contribution in [3.05, 3.63) is 216 Å². The second-order valence-corrected chi connectivity index (χ2v) is 19.9. The molecule has 0 saturated carbocycles. The molecule has 0 bridgehead atoms. The van der Waals surface area contributed by atoms with E-state index >= 15 is 0 Å². The number of hydrogen-bond acceptors (Lipinski definition) is 3. The first-order valence-electron chi connectivity index (χ1n) is 27.1. The van der Waals surface area contributed by atoms with Crippen molar-refractivity contribution < 1.29 is 34.4 Å². The van der Waals surface area contributed by atoms with Gasteiger partial charge in [0, 0.05) is 46.7 Å². The number of para-hydroxylation sites is 1. The van der Waals surface area contributed by atoms with E-state index in [1.807, 2.05) is 126 Å². The number of pyridine rings is 1. The predicted octanol–water partition coefficient (Wildman–Crippen LogP) is 17.8.